The molecule has 8 rings (SSSR count). The number of hydrogen-bond donors (Lipinski definition) is 9. The van der Waals surface area contributed by atoms with Crippen molar-refractivity contribution < 1.29 is 83.8 Å². The van der Waals surface area contributed by atoms with Crippen molar-refractivity contribution in [2.75, 3.05) is 13.2 Å². The second-order valence-corrected chi connectivity index (χ2v) is 28.3. The van der Waals surface area contributed by atoms with E-state index in [-0.39, 0.29) is 101 Å². The summed E-state index contributed by atoms with van der Waals surface area (Å²) in [5.74, 6) is -7.40. The molecule has 0 radical (unpaired) electrons. The number of hydrogen-bond acceptors (Lipinski definition) is 18. The van der Waals surface area contributed by atoms with E-state index in [1.807, 2.05) is 80.5 Å². The number of phosphoric acid groups is 1. The maximum absolute atomic E-state index is 14.4. The van der Waals surface area contributed by atoms with Gasteiger partial charge in [0.15, 0.2) is 6.23 Å². The van der Waals surface area contributed by atoms with Gasteiger partial charge in [-0.1, -0.05) is 47.1 Å². The van der Waals surface area contributed by atoms with Crippen molar-refractivity contribution in [2.45, 2.75) is 189 Å². The summed E-state index contributed by atoms with van der Waals surface area (Å²) >= 11 is 0. The standard InChI is InChI=1S/C62H90N13O14P.CH3.Co/c1-29-20-39-40(21-30(29)2)75(28-70-39)57-52(84)53(41(27-76)87-57)89-90(85,86)88-31(3)26-69-49(83)18-19-59(8)37(22-46(66)80)56-62(11)61(10,25-48(68)82)36(14-17-45(65)79)51(74-62)33(5)55-60(9,24-47(67)81)34(12-15-43(63)77)38(71-55)23-42-58(6,7)35(13-16-44(64)78)50(72-42)32(4)54(59)73-56;;/h20-21,23,28,31,34-37,41,52-53,56-57,76,84H,12-19,22,24-27H2,1-11H3,(H15,63,64,65,66,67,68,69,71,72,73,74,77,78,79,80,81,82,83,85,86);1H3;/q;-1;+3/p-2/t31?,34-,35-,36-,37+,41-,52-,53-,56-,57+,59-,60+,61+,62?;;/m1../s1. The predicted octanol–water partition coefficient (Wildman–Crippen LogP) is 3.76. The van der Waals surface area contributed by atoms with Gasteiger partial charge in [0.2, 0.25) is 41.4 Å². The minimum atomic E-state index is -5.32. The van der Waals surface area contributed by atoms with Crippen LogP contribution in [0, 0.1) is 66.6 Å². The number of carbonyl (C=O) groups excluding carboxylic acids is 7. The van der Waals surface area contributed by atoms with Gasteiger partial charge < -0.3 is 85.9 Å². The van der Waals surface area contributed by atoms with Gasteiger partial charge in [-0.2, -0.15) is 5.70 Å². The second-order valence-electron chi connectivity index (χ2n) is 27.0. The first-order chi connectivity index (χ1) is 41.8. The summed E-state index contributed by atoms with van der Waals surface area (Å²) in [4.78, 5) is 128. The third-order valence-corrected chi connectivity index (χ3v) is 21.6. The number of nitrogens with zero attached hydrogens (tertiary/aromatic N) is 6. The van der Waals surface area contributed by atoms with Crippen LogP contribution in [0.4, 0.5) is 0 Å². The summed E-state index contributed by atoms with van der Waals surface area (Å²) in [7, 11) is -5.32. The molecule has 7 heterocycles. The molecule has 2 fully saturated rings. The minimum Gasteiger partial charge on any atom is -0.756 e. The first-order valence-corrected chi connectivity index (χ1v) is 32.0. The van der Waals surface area contributed by atoms with Gasteiger partial charge in [-0.25, -0.2) is 4.98 Å². The van der Waals surface area contributed by atoms with Crippen molar-refractivity contribution in [2.24, 2.45) is 94.7 Å². The number of benzene rings is 1. The van der Waals surface area contributed by atoms with E-state index < -0.39 is 143 Å². The maximum Gasteiger partial charge on any atom is 3.00 e. The summed E-state index contributed by atoms with van der Waals surface area (Å²) in [6.45, 7) is 19.0. The number of primary amides is 6. The number of aromatic nitrogens is 2. The fourth-order valence-electron chi connectivity index (χ4n) is 15.3. The predicted molar refractivity (Wildman–Crippen MR) is 338 cm³/mol. The molecule has 6 aliphatic heterocycles. The van der Waals surface area contributed by atoms with Gasteiger partial charge in [0, 0.05) is 114 Å². The van der Waals surface area contributed by atoms with E-state index in [9.17, 15) is 53.2 Å². The number of ether oxygens (including phenoxy) is 1. The Bertz CT molecular complexity index is 3540. The van der Waals surface area contributed by atoms with E-state index in [2.05, 4.69) is 10.3 Å². The van der Waals surface area contributed by atoms with E-state index >= 15 is 0 Å². The van der Waals surface area contributed by atoms with Crippen LogP contribution in [0.3, 0.4) is 0 Å². The van der Waals surface area contributed by atoms with E-state index in [0.29, 0.717) is 56.4 Å². The number of imidazole rings is 1. The molecule has 6 aliphatic rings. The van der Waals surface area contributed by atoms with E-state index in [1.165, 1.54) is 17.8 Å². The smallest absolute Gasteiger partial charge is 0.756 e. The molecule has 506 valence electrons. The van der Waals surface area contributed by atoms with Gasteiger partial charge in [0.05, 0.1) is 30.1 Å². The number of rotatable bonds is 26. The normalized spacial score (nSPS) is 33.5. The molecule has 29 heteroatoms. The number of fused-ring (bicyclic) bond motifs is 7. The minimum absolute atomic E-state index is 0. The Morgan fingerprint density at radius 2 is 1.38 bits per heavy atom. The van der Waals surface area contributed by atoms with Crippen LogP contribution in [0.1, 0.15) is 150 Å². The molecule has 92 heavy (non-hydrogen) atoms. The number of aliphatic imine (C=N–C) groups is 3. The van der Waals surface area contributed by atoms with Crippen molar-refractivity contribution in [3.05, 3.63) is 76.6 Å². The van der Waals surface area contributed by atoms with Gasteiger partial charge in [0.1, 0.15) is 18.3 Å². The van der Waals surface area contributed by atoms with Gasteiger partial charge in [0.25, 0.3) is 7.82 Å². The summed E-state index contributed by atoms with van der Waals surface area (Å²) < 4.78 is 31.9. The van der Waals surface area contributed by atoms with Crippen molar-refractivity contribution in [1.29, 1.82) is 0 Å². The molecular formula is C63H91CoN13O14P. The van der Waals surface area contributed by atoms with Crippen molar-refractivity contribution in [1.82, 2.24) is 14.9 Å². The monoisotopic (exact) mass is 1340 g/mol. The van der Waals surface area contributed by atoms with Crippen LogP contribution in [-0.2, 0) is 68.7 Å². The van der Waals surface area contributed by atoms with Crippen LogP contribution >= 0.6 is 7.82 Å². The fourth-order valence-corrected chi connectivity index (χ4v) is 16.4. The molecule has 15 atom stereocenters. The zero-order valence-electron chi connectivity index (χ0n) is 54.5. The number of nitrogens with one attached hydrogen (secondary N) is 1. The van der Waals surface area contributed by atoms with Crippen LogP contribution in [-0.4, -0.2) is 127 Å². The average Bonchev–Trinajstić information content (AvgIpc) is 1.53. The van der Waals surface area contributed by atoms with Crippen LogP contribution in [0.25, 0.3) is 16.4 Å². The number of amides is 7. The van der Waals surface area contributed by atoms with Crippen molar-refractivity contribution in [3.63, 3.8) is 0 Å². The number of allylic oxidation sites excluding steroid dienone is 6. The van der Waals surface area contributed by atoms with E-state index in [0.717, 1.165) is 11.1 Å². The molecule has 7 amide bonds. The zero-order chi connectivity index (χ0) is 66.7. The number of phosphoric ester groups is 1. The fraction of sp³-hybridized carbons (Fsp3) is 0.619. The third-order valence-electron chi connectivity index (χ3n) is 20.5. The Hall–Kier alpha value is -6.49. The molecule has 2 aromatic rings. The molecular weight excluding hydrogens is 1250 g/mol. The molecule has 0 aliphatic carbocycles. The Labute approximate surface area is 547 Å². The van der Waals surface area contributed by atoms with Crippen LogP contribution in [0.2, 0.25) is 0 Å². The SMILES string of the molecule is C/C1=C2N=C(/C=C3N=C(/C(C)=C4/[N-]C(C)([C@@H]5N=C1[C@](C)(CCC(=O)NCC(C)OP(=O)([O-])O[C@H]1[C@@H](O)[C@@H](n6cnc7cc(C)c(C)cc76)O[C@@H]1CO)[C@H]5CC(N)=O)[C@@](C)(CC(N)=O)[C@@H]4CCC(N)=O)[C@@](C)(CC(N)=O)[C@@H]\3CCC(N)=O)C(C)(C)[C@@H]/2CCC(N)=O.[CH3-].[Co+3]. The Morgan fingerprint density at radius 1 is 0.793 bits per heavy atom. The number of aliphatic hydroxyl groups is 2. The average molecular weight is 1340 g/mol. The van der Waals surface area contributed by atoms with Crippen LogP contribution in [0.5, 0.6) is 0 Å². The molecule has 3 unspecified atom stereocenters. The largest absolute Gasteiger partial charge is 3.00 e. The number of nitrogens with two attached hydrogens (primary N) is 6. The Morgan fingerprint density at radius 3 is 1.96 bits per heavy atom. The van der Waals surface area contributed by atoms with Gasteiger partial charge in [-0.3, -0.25) is 53.1 Å². The van der Waals surface area contributed by atoms with Crippen LogP contribution < -0.4 is 44.6 Å². The van der Waals surface area contributed by atoms with Gasteiger partial charge in [-0.15, -0.1) is 0 Å². The van der Waals surface area contributed by atoms with Gasteiger partial charge in [-0.05, 0) is 118 Å². The summed E-state index contributed by atoms with van der Waals surface area (Å²) in [6, 6.07) is 2.65. The molecule has 1 aromatic carbocycles. The first-order valence-electron chi connectivity index (χ1n) is 30.5. The molecule has 15 N–H and O–H groups in total. The van der Waals surface area contributed by atoms with Crippen molar-refractivity contribution >= 4 is 77.3 Å². The molecule has 0 spiro atoms. The molecule has 2 saturated heterocycles. The zero-order valence-corrected chi connectivity index (χ0v) is 56.4. The summed E-state index contributed by atoms with van der Waals surface area (Å²) in [5, 5.41) is 30.1. The van der Waals surface area contributed by atoms with Crippen LogP contribution in [0.15, 0.2) is 67.8 Å². The number of aryl methyl sites for hydroxylation is 2. The van der Waals surface area contributed by atoms with Crippen molar-refractivity contribution in [3.8, 4) is 0 Å². The Kier molecular flexibility index (Phi) is 22.6. The van der Waals surface area contributed by atoms with Gasteiger partial charge >= 0.3 is 16.8 Å². The molecule has 8 bridgehead atoms. The first kappa shape index (κ1) is 74.5. The molecule has 0 saturated carbocycles. The maximum atomic E-state index is 14.4. The summed E-state index contributed by atoms with van der Waals surface area (Å²) in [6.07, 6.45) is -4.79. The third kappa shape index (κ3) is 14.1. The second kappa shape index (κ2) is 27.8. The molecule has 1 aromatic heterocycles. The summed E-state index contributed by atoms with van der Waals surface area (Å²) in [5.41, 5.74) is 36.7. The number of carbonyl (C=O) groups is 7. The van der Waals surface area contributed by atoms with E-state index in [4.69, 9.17) is 68.5 Å². The quantitative estimate of drug-likeness (QED) is 0.0478. The topological polar surface area (TPSA) is 465 Å². The molecule has 27 nitrogen and oxygen atoms in total. The Balaban J connectivity index is 0.00000672. The van der Waals surface area contributed by atoms with E-state index in [1.54, 1.807) is 6.92 Å². The number of aliphatic hydroxyl groups excluding tert-OH is 2.